The lowest BCUT2D eigenvalue weighted by Crippen LogP contribution is -2.30. The summed E-state index contributed by atoms with van der Waals surface area (Å²) >= 11 is 3.42. The van der Waals surface area contributed by atoms with Crippen molar-refractivity contribution in [1.82, 2.24) is 4.90 Å². The molecule has 0 aromatic carbocycles. The molecule has 0 spiro atoms. The highest BCUT2D eigenvalue weighted by Gasteiger charge is 2.31. The molecule has 1 amide bonds. The molecule has 3 heterocycles. The van der Waals surface area contributed by atoms with Crippen LogP contribution in [0.5, 0.6) is 0 Å². The second-order valence-electron chi connectivity index (χ2n) is 5.04. The molecule has 2 aromatic heterocycles. The van der Waals surface area contributed by atoms with Gasteiger partial charge in [0.1, 0.15) is 0 Å². The highest BCUT2D eigenvalue weighted by molar-refractivity contribution is 7.12. The Morgan fingerprint density at radius 2 is 2.26 bits per heavy atom. The molecule has 0 saturated carbocycles. The fourth-order valence-corrected chi connectivity index (χ4v) is 4.44. The van der Waals surface area contributed by atoms with E-state index >= 15 is 0 Å². The van der Waals surface area contributed by atoms with Crippen molar-refractivity contribution >= 4 is 28.6 Å². The van der Waals surface area contributed by atoms with E-state index in [9.17, 15) is 4.79 Å². The fourth-order valence-electron chi connectivity index (χ4n) is 2.82. The summed E-state index contributed by atoms with van der Waals surface area (Å²) in [6.07, 6.45) is 2.19. The van der Waals surface area contributed by atoms with Crippen molar-refractivity contribution in [3.8, 4) is 0 Å². The number of aryl methyl sites for hydroxylation is 2. The average Bonchev–Trinajstić information content (AvgIpc) is 3.06. The summed E-state index contributed by atoms with van der Waals surface area (Å²) in [5.74, 6) is 0.204. The summed E-state index contributed by atoms with van der Waals surface area (Å²) in [6.45, 7) is 4.99. The first-order valence-electron chi connectivity index (χ1n) is 6.57. The lowest BCUT2D eigenvalue weighted by molar-refractivity contribution is 0.0736. The summed E-state index contributed by atoms with van der Waals surface area (Å²) in [5.41, 5.74) is 2.19. The van der Waals surface area contributed by atoms with Gasteiger partial charge in [-0.3, -0.25) is 4.79 Å². The molecule has 1 atom stereocenters. The molecule has 0 N–H and O–H groups in total. The van der Waals surface area contributed by atoms with Crippen LogP contribution in [0.2, 0.25) is 0 Å². The van der Waals surface area contributed by atoms with Gasteiger partial charge < -0.3 is 4.90 Å². The van der Waals surface area contributed by atoms with E-state index in [1.807, 2.05) is 13.0 Å². The second kappa shape index (κ2) is 5.10. The van der Waals surface area contributed by atoms with E-state index in [1.165, 1.54) is 10.4 Å². The van der Waals surface area contributed by atoms with Gasteiger partial charge in [-0.05, 0) is 55.1 Å². The highest BCUT2D eigenvalue weighted by Crippen LogP contribution is 2.35. The van der Waals surface area contributed by atoms with Crippen molar-refractivity contribution in [2.24, 2.45) is 0 Å². The van der Waals surface area contributed by atoms with Crippen molar-refractivity contribution in [2.75, 3.05) is 6.54 Å². The van der Waals surface area contributed by atoms with Crippen molar-refractivity contribution in [3.05, 3.63) is 43.8 Å². The molecule has 2 nitrogen and oxygen atoms in total. The molecular formula is C15H17NOS2. The first-order chi connectivity index (χ1) is 9.16. The van der Waals surface area contributed by atoms with Gasteiger partial charge in [0.05, 0.1) is 11.6 Å². The van der Waals surface area contributed by atoms with Gasteiger partial charge in [-0.2, -0.15) is 11.3 Å². The van der Waals surface area contributed by atoms with Crippen LogP contribution in [0.1, 0.15) is 44.6 Å². The molecule has 1 unspecified atom stereocenters. The Morgan fingerprint density at radius 3 is 2.89 bits per heavy atom. The van der Waals surface area contributed by atoms with Crippen LogP contribution >= 0.6 is 22.7 Å². The Hall–Kier alpha value is -1.13. The van der Waals surface area contributed by atoms with Crippen LogP contribution in [-0.2, 0) is 0 Å². The highest BCUT2D eigenvalue weighted by atomic mass is 32.1. The van der Waals surface area contributed by atoms with E-state index in [4.69, 9.17) is 0 Å². The molecular weight excluding hydrogens is 274 g/mol. The third-order valence-electron chi connectivity index (χ3n) is 3.71. The molecule has 0 bridgehead atoms. The van der Waals surface area contributed by atoms with Gasteiger partial charge in [0, 0.05) is 16.3 Å². The Morgan fingerprint density at radius 1 is 1.42 bits per heavy atom. The number of carbonyl (C=O) groups is 1. The Kier molecular flexibility index (Phi) is 3.46. The summed E-state index contributed by atoms with van der Waals surface area (Å²) in [7, 11) is 0. The van der Waals surface area contributed by atoms with Crippen molar-refractivity contribution in [2.45, 2.75) is 32.7 Å². The summed E-state index contributed by atoms with van der Waals surface area (Å²) in [4.78, 5) is 17.1. The minimum atomic E-state index is 0.204. The fraction of sp³-hybridized carbons (Fsp3) is 0.400. The summed E-state index contributed by atoms with van der Waals surface area (Å²) in [5, 5.41) is 4.26. The van der Waals surface area contributed by atoms with Crippen LogP contribution < -0.4 is 0 Å². The number of hydrogen-bond acceptors (Lipinski definition) is 3. The van der Waals surface area contributed by atoms with Gasteiger partial charge in [0.2, 0.25) is 0 Å². The van der Waals surface area contributed by atoms with Crippen LogP contribution in [0.25, 0.3) is 0 Å². The molecule has 1 aliphatic rings. The maximum absolute atomic E-state index is 12.7. The number of nitrogens with zero attached hydrogens (tertiary/aromatic N) is 1. The van der Waals surface area contributed by atoms with Crippen molar-refractivity contribution in [1.29, 1.82) is 0 Å². The standard InChI is InChI=1S/C15H17NOS2/c1-10-8-13(11(2)19-10)15(17)16-6-3-4-14(16)12-5-7-18-9-12/h5,7-9,14H,3-4,6H2,1-2H3. The smallest absolute Gasteiger partial charge is 0.255 e. The molecule has 1 aliphatic heterocycles. The molecule has 3 rings (SSSR count). The first-order valence-corrected chi connectivity index (χ1v) is 8.33. The zero-order valence-corrected chi connectivity index (χ0v) is 12.8. The van der Waals surface area contributed by atoms with Gasteiger partial charge >= 0.3 is 0 Å². The molecule has 19 heavy (non-hydrogen) atoms. The van der Waals surface area contributed by atoms with E-state index in [-0.39, 0.29) is 11.9 Å². The third-order valence-corrected chi connectivity index (χ3v) is 5.38. The topological polar surface area (TPSA) is 20.3 Å². The third kappa shape index (κ3) is 2.35. The zero-order chi connectivity index (χ0) is 13.4. The molecule has 100 valence electrons. The van der Waals surface area contributed by atoms with Gasteiger partial charge in [-0.25, -0.2) is 0 Å². The van der Waals surface area contributed by atoms with Crippen molar-refractivity contribution in [3.63, 3.8) is 0 Å². The van der Waals surface area contributed by atoms with Crippen molar-refractivity contribution < 1.29 is 4.79 Å². The Labute approximate surface area is 121 Å². The number of thiophene rings is 2. The average molecular weight is 291 g/mol. The molecule has 0 aliphatic carbocycles. The number of carbonyl (C=O) groups excluding carboxylic acids is 1. The normalized spacial score (nSPS) is 19.1. The van der Waals surface area contributed by atoms with E-state index in [0.29, 0.717) is 0 Å². The molecule has 2 aromatic rings. The lowest BCUT2D eigenvalue weighted by atomic mass is 10.1. The van der Waals surface area contributed by atoms with Crippen LogP contribution in [0.3, 0.4) is 0 Å². The van der Waals surface area contributed by atoms with Crippen LogP contribution in [0, 0.1) is 13.8 Å². The van der Waals surface area contributed by atoms with Gasteiger partial charge in [-0.1, -0.05) is 0 Å². The van der Waals surface area contributed by atoms with E-state index in [2.05, 4.69) is 28.7 Å². The van der Waals surface area contributed by atoms with Crippen LogP contribution in [-0.4, -0.2) is 17.4 Å². The number of rotatable bonds is 2. The maximum atomic E-state index is 12.7. The lowest BCUT2D eigenvalue weighted by Gasteiger charge is -2.24. The first kappa shape index (κ1) is 12.9. The molecule has 4 heteroatoms. The predicted molar refractivity (Wildman–Crippen MR) is 81.1 cm³/mol. The zero-order valence-electron chi connectivity index (χ0n) is 11.2. The van der Waals surface area contributed by atoms with Crippen LogP contribution in [0.15, 0.2) is 22.9 Å². The van der Waals surface area contributed by atoms with Gasteiger partial charge in [0.25, 0.3) is 5.91 Å². The summed E-state index contributed by atoms with van der Waals surface area (Å²) in [6, 6.07) is 4.45. The minimum absolute atomic E-state index is 0.204. The van der Waals surface area contributed by atoms with E-state index < -0.39 is 0 Å². The molecule has 0 radical (unpaired) electrons. The predicted octanol–water partition coefficient (Wildman–Crippen LogP) is 4.40. The summed E-state index contributed by atoms with van der Waals surface area (Å²) < 4.78 is 0. The minimum Gasteiger partial charge on any atom is -0.332 e. The SMILES string of the molecule is Cc1cc(C(=O)N2CCCC2c2ccsc2)c(C)s1. The van der Waals surface area contributed by atoms with Gasteiger partial charge in [0.15, 0.2) is 0 Å². The second-order valence-corrected chi connectivity index (χ2v) is 7.28. The molecule has 1 fully saturated rings. The number of hydrogen-bond donors (Lipinski definition) is 0. The number of likely N-dealkylation sites (tertiary alicyclic amines) is 1. The quantitative estimate of drug-likeness (QED) is 0.803. The molecule has 1 saturated heterocycles. The largest absolute Gasteiger partial charge is 0.332 e. The van der Waals surface area contributed by atoms with E-state index in [0.717, 1.165) is 29.8 Å². The Balaban J connectivity index is 1.89. The van der Waals surface area contributed by atoms with Gasteiger partial charge in [-0.15, -0.1) is 11.3 Å². The van der Waals surface area contributed by atoms with Crippen LogP contribution in [0.4, 0.5) is 0 Å². The maximum Gasteiger partial charge on any atom is 0.255 e. The number of amides is 1. The Bertz CT molecular complexity index is 585. The van der Waals surface area contributed by atoms with E-state index in [1.54, 1.807) is 22.7 Å². The monoisotopic (exact) mass is 291 g/mol.